The number of aromatic nitrogens is 1. The summed E-state index contributed by atoms with van der Waals surface area (Å²) < 4.78 is 0. The summed E-state index contributed by atoms with van der Waals surface area (Å²) in [5.74, 6) is -0.294. The van der Waals surface area contributed by atoms with Crippen LogP contribution >= 0.6 is 23.1 Å². The van der Waals surface area contributed by atoms with Gasteiger partial charge in [-0.2, -0.15) is 0 Å². The highest BCUT2D eigenvalue weighted by Crippen LogP contribution is 2.41. The highest BCUT2D eigenvalue weighted by Gasteiger charge is 2.46. The Bertz CT molecular complexity index is 2030. The molecule has 0 bridgehead atoms. The molecule has 0 saturated carbocycles. The first-order valence-corrected chi connectivity index (χ1v) is 24.1. The SMILES string of the molecule is Cc1ncsc1-c1ccc([C@H](C)NC(=O)[C@@H]2C[C@@H](O)CN2C(=O)C(NC(=O)CCCCC(=O)N2CCC3(CC2)CN(CCC(CSc2ccccc2)NC(=O)O)C3)C(C)(C)C)cc1. The van der Waals surface area contributed by atoms with Gasteiger partial charge in [0.2, 0.25) is 23.6 Å². The minimum Gasteiger partial charge on any atom is -0.465 e. The number of benzene rings is 2. The van der Waals surface area contributed by atoms with E-state index in [-0.39, 0.29) is 54.6 Å². The molecule has 3 saturated heterocycles. The number of hydrogen-bond acceptors (Lipinski definition) is 10. The standard InChI is InChI=1S/C47H65N7O7S2/c1-31(33-15-17-34(18-16-33)41-32(2)48-30-63-41)49-43(58)38-25-36(55)26-54(38)44(59)42(46(3,4)5)51-39(56)13-9-10-14-40(57)53-23-20-47(21-24-53)28-52(29-47)22-19-35(50-45(60)61)27-62-37-11-7-6-8-12-37/h6-8,11-12,15-18,30-31,35-36,38,42,50,55H,9-10,13-14,19-29H2,1-5H3,(H,49,58)(H,51,56)(H,60,61)/t31-,35?,36+,38-,42?/m0/s1. The minimum atomic E-state index is -1.00. The van der Waals surface area contributed by atoms with Crippen molar-refractivity contribution in [3.8, 4) is 10.4 Å². The summed E-state index contributed by atoms with van der Waals surface area (Å²) in [5, 5.41) is 28.7. The first-order chi connectivity index (χ1) is 30.0. The van der Waals surface area contributed by atoms with Crippen molar-refractivity contribution in [1.29, 1.82) is 0 Å². The first kappa shape index (κ1) is 48.0. The summed E-state index contributed by atoms with van der Waals surface area (Å²) in [5.41, 5.74) is 4.27. The lowest BCUT2D eigenvalue weighted by molar-refractivity contribution is -0.144. The number of carboxylic acid groups (broad SMARTS) is 1. The smallest absolute Gasteiger partial charge is 0.404 e. The lowest BCUT2D eigenvalue weighted by Gasteiger charge is -2.54. The van der Waals surface area contributed by atoms with E-state index in [1.165, 1.54) is 4.90 Å². The molecule has 3 aliphatic heterocycles. The van der Waals surface area contributed by atoms with Crippen LogP contribution in [0.25, 0.3) is 10.4 Å². The molecule has 5 amide bonds. The van der Waals surface area contributed by atoms with Gasteiger partial charge in [-0.15, -0.1) is 23.1 Å². The molecule has 14 nitrogen and oxygen atoms in total. The molecule has 3 aromatic rings. The maximum absolute atomic E-state index is 14.1. The zero-order valence-corrected chi connectivity index (χ0v) is 38.9. The quantitative estimate of drug-likeness (QED) is 0.0740. The Morgan fingerprint density at radius 1 is 0.952 bits per heavy atom. The lowest BCUT2D eigenvalue weighted by atomic mass is 9.72. The van der Waals surface area contributed by atoms with Crippen molar-refractivity contribution >= 4 is 52.8 Å². The van der Waals surface area contributed by atoms with Gasteiger partial charge in [-0.1, -0.05) is 63.2 Å². The summed E-state index contributed by atoms with van der Waals surface area (Å²) in [4.78, 5) is 77.9. The molecule has 0 radical (unpaired) electrons. The lowest BCUT2D eigenvalue weighted by Crippen LogP contribution is -2.61. The van der Waals surface area contributed by atoms with Crippen molar-refractivity contribution in [2.24, 2.45) is 10.8 Å². The van der Waals surface area contributed by atoms with E-state index in [1.54, 1.807) is 23.1 Å². The molecule has 1 spiro atoms. The summed E-state index contributed by atoms with van der Waals surface area (Å²) in [6.45, 7) is 13.6. The van der Waals surface area contributed by atoms with Crippen molar-refractivity contribution in [3.63, 3.8) is 0 Å². The van der Waals surface area contributed by atoms with Gasteiger partial charge in [-0.05, 0) is 80.0 Å². The predicted molar refractivity (Wildman–Crippen MR) is 246 cm³/mol. The molecular formula is C47H65N7O7S2. The molecule has 16 heteroatoms. The predicted octanol–water partition coefficient (Wildman–Crippen LogP) is 6.09. The van der Waals surface area contributed by atoms with Crippen molar-refractivity contribution < 1.29 is 34.2 Å². The van der Waals surface area contributed by atoms with Crippen LogP contribution in [0.1, 0.15) is 96.4 Å². The highest BCUT2D eigenvalue weighted by molar-refractivity contribution is 7.99. The molecule has 2 unspecified atom stereocenters. The third-order valence-corrected chi connectivity index (χ3v) is 14.9. The van der Waals surface area contributed by atoms with Gasteiger partial charge in [-0.25, -0.2) is 9.78 Å². The van der Waals surface area contributed by atoms with Gasteiger partial charge in [0, 0.05) is 75.2 Å². The molecule has 3 fully saturated rings. The van der Waals surface area contributed by atoms with Crippen LogP contribution in [0, 0.1) is 17.8 Å². The van der Waals surface area contributed by atoms with Crippen LogP contribution < -0.4 is 16.0 Å². The van der Waals surface area contributed by atoms with E-state index in [1.807, 2.05) is 99.6 Å². The molecule has 2 aromatic carbocycles. The van der Waals surface area contributed by atoms with Crippen molar-refractivity contribution in [3.05, 3.63) is 71.4 Å². The van der Waals surface area contributed by atoms with Crippen LogP contribution in [-0.2, 0) is 19.2 Å². The molecule has 0 aliphatic carbocycles. The zero-order chi connectivity index (χ0) is 45.3. The van der Waals surface area contributed by atoms with E-state index in [0.29, 0.717) is 38.1 Å². The largest absolute Gasteiger partial charge is 0.465 e. The van der Waals surface area contributed by atoms with Crippen LogP contribution in [0.5, 0.6) is 0 Å². The Labute approximate surface area is 380 Å². The minimum absolute atomic E-state index is 0.00372. The monoisotopic (exact) mass is 903 g/mol. The maximum Gasteiger partial charge on any atom is 0.404 e. The summed E-state index contributed by atoms with van der Waals surface area (Å²) in [6, 6.07) is 15.7. The zero-order valence-electron chi connectivity index (χ0n) is 37.3. The fourth-order valence-corrected chi connectivity index (χ4v) is 10.8. The molecule has 342 valence electrons. The Morgan fingerprint density at radius 3 is 2.27 bits per heavy atom. The second kappa shape index (κ2) is 21.4. The van der Waals surface area contributed by atoms with E-state index < -0.39 is 35.6 Å². The van der Waals surface area contributed by atoms with Crippen molar-refractivity contribution in [2.75, 3.05) is 45.0 Å². The van der Waals surface area contributed by atoms with Gasteiger partial charge in [0.1, 0.15) is 12.1 Å². The van der Waals surface area contributed by atoms with Crippen molar-refractivity contribution in [1.82, 2.24) is 35.6 Å². The fraction of sp³-hybridized carbons (Fsp3) is 0.574. The average Bonchev–Trinajstić information content (AvgIpc) is 3.86. The molecule has 6 rings (SSSR count). The fourth-order valence-electron chi connectivity index (χ4n) is 9.00. The highest BCUT2D eigenvalue weighted by atomic mass is 32.2. The molecule has 1 aromatic heterocycles. The van der Waals surface area contributed by atoms with E-state index in [2.05, 4.69) is 25.8 Å². The maximum atomic E-state index is 14.1. The van der Waals surface area contributed by atoms with Crippen LogP contribution in [0.4, 0.5) is 4.79 Å². The first-order valence-electron chi connectivity index (χ1n) is 22.3. The van der Waals surface area contributed by atoms with Gasteiger partial charge in [0.05, 0.1) is 28.2 Å². The number of nitrogens with zero attached hydrogens (tertiary/aromatic N) is 4. The van der Waals surface area contributed by atoms with Gasteiger partial charge < -0.3 is 40.9 Å². The van der Waals surface area contributed by atoms with E-state index in [0.717, 1.165) is 65.5 Å². The molecule has 4 heterocycles. The number of thioether (sulfide) groups is 1. The number of nitrogens with one attached hydrogen (secondary N) is 3. The van der Waals surface area contributed by atoms with Gasteiger partial charge in [-0.3, -0.25) is 19.2 Å². The number of hydrogen-bond donors (Lipinski definition) is 5. The van der Waals surface area contributed by atoms with E-state index >= 15 is 0 Å². The van der Waals surface area contributed by atoms with Crippen LogP contribution in [0.15, 0.2) is 65.0 Å². The Balaban J connectivity index is 0.899. The number of unbranched alkanes of at least 4 members (excludes halogenated alkanes) is 1. The summed E-state index contributed by atoms with van der Waals surface area (Å²) in [6.07, 6.45) is 2.42. The number of piperidine rings is 1. The number of likely N-dealkylation sites (tertiary alicyclic amines) is 3. The summed E-state index contributed by atoms with van der Waals surface area (Å²) >= 11 is 3.23. The number of β-amino-alcohol motifs (C(OH)–C–C–N with tert-alkyl or cyclic N) is 1. The van der Waals surface area contributed by atoms with Gasteiger partial charge in [0.15, 0.2) is 0 Å². The Morgan fingerprint density at radius 2 is 1.63 bits per heavy atom. The van der Waals surface area contributed by atoms with Crippen LogP contribution in [0.2, 0.25) is 0 Å². The van der Waals surface area contributed by atoms with Crippen molar-refractivity contribution in [2.45, 2.75) is 121 Å². The number of aryl methyl sites for hydroxylation is 1. The van der Waals surface area contributed by atoms with Gasteiger partial charge >= 0.3 is 6.09 Å². The summed E-state index contributed by atoms with van der Waals surface area (Å²) in [7, 11) is 0. The second-order valence-corrected chi connectivity index (χ2v) is 20.7. The van der Waals surface area contributed by atoms with Gasteiger partial charge in [0.25, 0.3) is 0 Å². The number of carbonyl (C=O) groups is 5. The molecule has 3 aliphatic rings. The number of aliphatic hydroxyl groups excluding tert-OH is 1. The molecule has 5 atom stereocenters. The number of amides is 5. The Kier molecular flexibility index (Phi) is 16.3. The normalized spacial score (nSPS) is 20.1. The molecule has 5 N–H and O–H groups in total. The molecular weight excluding hydrogens is 839 g/mol. The van der Waals surface area contributed by atoms with E-state index in [9.17, 15) is 34.2 Å². The molecule has 63 heavy (non-hydrogen) atoms. The van der Waals surface area contributed by atoms with E-state index in [4.69, 9.17) is 0 Å². The third kappa shape index (κ3) is 13.0. The van der Waals surface area contributed by atoms with Crippen LogP contribution in [-0.4, -0.2) is 129 Å². The number of rotatable bonds is 18. The second-order valence-electron chi connectivity index (χ2n) is 18.7. The topological polar surface area (TPSA) is 185 Å². The van der Waals surface area contributed by atoms with Crippen LogP contribution in [0.3, 0.4) is 0 Å². The third-order valence-electron chi connectivity index (χ3n) is 12.7. The number of carbonyl (C=O) groups excluding carboxylic acids is 4. The average molecular weight is 904 g/mol. The number of thiazole rings is 1. The number of aliphatic hydroxyl groups is 1. The Hall–Kier alpha value is -4.51.